The Morgan fingerprint density at radius 3 is 2.40 bits per heavy atom. The maximum atomic E-state index is 5.84. The first kappa shape index (κ1) is 15.4. The van der Waals surface area contributed by atoms with Gasteiger partial charge in [-0.2, -0.15) is 0 Å². The Morgan fingerprint density at radius 1 is 1.25 bits per heavy atom. The molecule has 1 atom stereocenters. The van der Waals surface area contributed by atoms with E-state index in [9.17, 15) is 0 Å². The van der Waals surface area contributed by atoms with E-state index >= 15 is 0 Å². The third-order valence-corrected chi connectivity index (χ3v) is 4.44. The molecule has 1 aromatic carbocycles. The minimum atomic E-state index is 0.00339. The molecule has 3 N–H and O–H groups in total. The molecule has 1 fully saturated rings. The van der Waals surface area contributed by atoms with Gasteiger partial charge in [0.05, 0.1) is 13.2 Å². The van der Waals surface area contributed by atoms with Gasteiger partial charge in [-0.25, -0.2) is 0 Å². The van der Waals surface area contributed by atoms with Crippen LogP contribution in [0.5, 0.6) is 0 Å². The van der Waals surface area contributed by atoms with Crippen LogP contribution >= 0.6 is 0 Å². The maximum absolute atomic E-state index is 5.84. The zero-order chi connectivity index (χ0) is 14.6. The molecule has 0 aromatic heterocycles. The molecule has 20 heavy (non-hydrogen) atoms. The minimum absolute atomic E-state index is 0.00339. The molecular weight excluding hydrogens is 250 g/mol. The maximum Gasteiger partial charge on any atom is 0.0594 e. The highest BCUT2D eigenvalue weighted by Crippen LogP contribution is 2.23. The summed E-state index contributed by atoms with van der Waals surface area (Å²) in [5.41, 5.74) is 5.63. The van der Waals surface area contributed by atoms with Gasteiger partial charge in [0.25, 0.3) is 0 Å². The van der Waals surface area contributed by atoms with Gasteiger partial charge in [0.15, 0.2) is 0 Å². The van der Waals surface area contributed by atoms with E-state index in [4.69, 9.17) is 10.6 Å². The van der Waals surface area contributed by atoms with Crippen molar-refractivity contribution in [3.05, 3.63) is 35.4 Å². The van der Waals surface area contributed by atoms with Gasteiger partial charge in [-0.1, -0.05) is 29.8 Å². The van der Waals surface area contributed by atoms with Crippen LogP contribution < -0.4 is 11.3 Å². The number of nitrogens with two attached hydrogens (primary N) is 1. The van der Waals surface area contributed by atoms with E-state index in [0.717, 1.165) is 32.7 Å². The Hall–Kier alpha value is -0.940. The van der Waals surface area contributed by atoms with Crippen LogP contribution in [0.15, 0.2) is 24.3 Å². The van der Waals surface area contributed by atoms with Crippen LogP contribution in [0.1, 0.15) is 25.0 Å². The minimum Gasteiger partial charge on any atom is -0.379 e. The average Bonchev–Trinajstić information content (AvgIpc) is 2.47. The molecule has 1 aromatic rings. The van der Waals surface area contributed by atoms with Crippen LogP contribution in [0.2, 0.25) is 0 Å². The molecule has 0 aliphatic carbocycles. The Bertz CT molecular complexity index is 410. The van der Waals surface area contributed by atoms with Gasteiger partial charge < -0.3 is 4.74 Å². The molecule has 1 aliphatic heterocycles. The summed E-state index contributed by atoms with van der Waals surface area (Å²) in [5, 5.41) is 0. The number of ether oxygens (including phenoxy) is 1. The molecule has 0 radical (unpaired) electrons. The van der Waals surface area contributed by atoms with Crippen molar-refractivity contribution in [1.29, 1.82) is 0 Å². The molecule has 4 nitrogen and oxygen atoms in total. The Morgan fingerprint density at radius 2 is 1.85 bits per heavy atom. The summed E-state index contributed by atoms with van der Waals surface area (Å²) in [4.78, 5) is 2.47. The van der Waals surface area contributed by atoms with Gasteiger partial charge in [0.1, 0.15) is 0 Å². The Labute approximate surface area is 122 Å². The van der Waals surface area contributed by atoms with Crippen LogP contribution in [-0.2, 0) is 11.2 Å². The van der Waals surface area contributed by atoms with E-state index in [1.54, 1.807) is 0 Å². The smallest absolute Gasteiger partial charge is 0.0594 e. The number of hydrogen-bond donors (Lipinski definition) is 2. The average molecular weight is 277 g/mol. The largest absolute Gasteiger partial charge is 0.379 e. The number of hydrogen-bond acceptors (Lipinski definition) is 4. The van der Waals surface area contributed by atoms with E-state index in [1.165, 1.54) is 11.1 Å². The van der Waals surface area contributed by atoms with Gasteiger partial charge in [0, 0.05) is 24.7 Å². The van der Waals surface area contributed by atoms with Crippen molar-refractivity contribution in [3.8, 4) is 0 Å². The van der Waals surface area contributed by atoms with Crippen LogP contribution in [-0.4, -0.2) is 42.8 Å². The van der Waals surface area contributed by atoms with Crippen molar-refractivity contribution in [1.82, 2.24) is 10.3 Å². The number of nitrogens with zero attached hydrogens (tertiary/aromatic N) is 1. The molecule has 4 heteroatoms. The van der Waals surface area contributed by atoms with Crippen LogP contribution in [0.25, 0.3) is 0 Å². The fraction of sp³-hybridized carbons (Fsp3) is 0.625. The zero-order valence-electron chi connectivity index (χ0n) is 12.9. The molecular formula is C16H27N3O. The summed E-state index contributed by atoms with van der Waals surface area (Å²) in [6, 6.07) is 8.91. The lowest BCUT2D eigenvalue weighted by atomic mass is 9.87. The molecule has 2 rings (SSSR count). The van der Waals surface area contributed by atoms with Crippen LogP contribution in [0.3, 0.4) is 0 Å². The normalized spacial score (nSPS) is 19.0. The molecule has 0 bridgehead atoms. The van der Waals surface area contributed by atoms with Gasteiger partial charge in [0.2, 0.25) is 0 Å². The Kier molecular flexibility index (Phi) is 5.16. The first-order chi connectivity index (χ1) is 9.54. The molecule has 1 heterocycles. The predicted molar refractivity (Wildman–Crippen MR) is 82.5 cm³/mol. The second-order valence-electron chi connectivity index (χ2n) is 6.16. The third kappa shape index (κ3) is 3.58. The number of morpholine rings is 1. The van der Waals surface area contributed by atoms with E-state index in [2.05, 4.69) is 55.4 Å². The summed E-state index contributed by atoms with van der Waals surface area (Å²) in [6.45, 7) is 10.2. The summed E-state index contributed by atoms with van der Waals surface area (Å²) in [5.74, 6) is 5.84. The second-order valence-corrected chi connectivity index (χ2v) is 6.16. The fourth-order valence-corrected chi connectivity index (χ4v) is 2.83. The van der Waals surface area contributed by atoms with E-state index < -0.39 is 0 Å². The van der Waals surface area contributed by atoms with E-state index in [-0.39, 0.29) is 11.6 Å². The standard InChI is InChI=1S/C16H27N3O/c1-13-4-6-14(7-5-13)12-15(18-17)16(2,3)19-8-10-20-11-9-19/h4-7,15,18H,8-12,17H2,1-3H3. The molecule has 1 saturated heterocycles. The van der Waals surface area contributed by atoms with Crippen molar-refractivity contribution >= 4 is 0 Å². The Balaban J connectivity index is 2.07. The molecule has 112 valence electrons. The predicted octanol–water partition coefficient (Wildman–Crippen LogP) is 1.48. The summed E-state index contributed by atoms with van der Waals surface area (Å²) >= 11 is 0. The third-order valence-electron chi connectivity index (χ3n) is 4.44. The summed E-state index contributed by atoms with van der Waals surface area (Å²) < 4.78 is 5.45. The van der Waals surface area contributed by atoms with E-state index in [0.29, 0.717) is 0 Å². The zero-order valence-corrected chi connectivity index (χ0v) is 12.9. The SMILES string of the molecule is Cc1ccc(CC(NN)C(C)(C)N2CCOCC2)cc1. The van der Waals surface area contributed by atoms with Crippen molar-refractivity contribution in [2.45, 2.75) is 38.8 Å². The van der Waals surface area contributed by atoms with Gasteiger partial charge >= 0.3 is 0 Å². The van der Waals surface area contributed by atoms with E-state index in [1.807, 2.05) is 0 Å². The number of nitrogens with one attached hydrogen (secondary N) is 1. The van der Waals surface area contributed by atoms with Gasteiger partial charge in [-0.3, -0.25) is 16.2 Å². The fourth-order valence-electron chi connectivity index (χ4n) is 2.83. The lowest BCUT2D eigenvalue weighted by Gasteiger charge is -2.45. The molecule has 1 aliphatic rings. The molecule has 0 saturated carbocycles. The quantitative estimate of drug-likeness (QED) is 0.632. The molecule has 0 amide bonds. The lowest BCUT2D eigenvalue weighted by Crippen LogP contribution is -2.62. The number of hydrazine groups is 1. The number of aryl methyl sites for hydroxylation is 1. The monoisotopic (exact) mass is 277 g/mol. The van der Waals surface area contributed by atoms with Crippen molar-refractivity contribution < 1.29 is 4.74 Å². The lowest BCUT2D eigenvalue weighted by molar-refractivity contribution is -0.0233. The first-order valence-electron chi connectivity index (χ1n) is 7.38. The number of rotatable bonds is 5. The van der Waals surface area contributed by atoms with Crippen LogP contribution in [0, 0.1) is 6.92 Å². The topological polar surface area (TPSA) is 50.5 Å². The highest BCUT2D eigenvalue weighted by Gasteiger charge is 2.35. The van der Waals surface area contributed by atoms with Crippen molar-refractivity contribution in [2.75, 3.05) is 26.3 Å². The van der Waals surface area contributed by atoms with Gasteiger partial charge in [-0.15, -0.1) is 0 Å². The molecule has 1 unspecified atom stereocenters. The summed E-state index contributed by atoms with van der Waals surface area (Å²) in [7, 11) is 0. The number of benzene rings is 1. The van der Waals surface area contributed by atoms with Crippen molar-refractivity contribution in [3.63, 3.8) is 0 Å². The second kappa shape index (κ2) is 6.68. The van der Waals surface area contributed by atoms with Gasteiger partial charge in [-0.05, 0) is 32.8 Å². The van der Waals surface area contributed by atoms with Crippen LogP contribution in [0.4, 0.5) is 0 Å². The highest BCUT2D eigenvalue weighted by molar-refractivity contribution is 5.22. The summed E-state index contributed by atoms with van der Waals surface area (Å²) in [6.07, 6.45) is 0.932. The molecule has 0 spiro atoms. The highest BCUT2D eigenvalue weighted by atomic mass is 16.5. The first-order valence-corrected chi connectivity index (χ1v) is 7.38. The van der Waals surface area contributed by atoms with Crippen molar-refractivity contribution in [2.24, 2.45) is 5.84 Å².